The summed E-state index contributed by atoms with van der Waals surface area (Å²) in [6.07, 6.45) is 11.1. The molecule has 0 saturated heterocycles. The summed E-state index contributed by atoms with van der Waals surface area (Å²) in [5.74, 6) is 0.528. The van der Waals surface area contributed by atoms with Crippen molar-refractivity contribution >= 4 is 22.5 Å². The van der Waals surface area contributed by atoms with Crippen molar-refractivity contribution in [1.29, 1.82) is 0 Å². The molecule has 5 heteroatoms. The first-order chi connectivity index (χ1) is 14.6. The molecule has 0 aromatic carbocycles. The molecule has 166 valence electrons. The first-order valence-electron chi connectivity index (χ1n) is 11.1. The Labute approximate surface area is 187 Å². The van der Waals surface area contributed by atoms with E-state index in [1.165, 1.54) is 28.1 Å². The van der Waals surface area contributed by atoms with E-state index >= 15 is 0 Å². The van der Waals surface area contributed by atoms with Crippen molar-refractivity contribution in [3.63, 3.8) is 0 Å². The molecule has 1 aliphatic heterocycles. The van der Waals surface area contributed by atoms with Crippen LogP contribution in [0, 0.1) is 0 Å². The molecule has 4 nitrogen and oxygen atoms in total. The van der Waals surface area contributed by atoms with Gasteiger partial charge in [-0.3, -0.25) is 0 Å². The second kappa shape index (κ2) is 16.5. The molecule has 0 unspecified atom stereocenters. The number of aromatic nitrogens is 3. The summed E-state index contributed by atoms with van der Waals surface area (Å²) >= 11 is 1.80. The lowest BCUT2D eigenvalue weighted by molar-refractivity contribution is 0.452. The molecule has 0 spiro atoms. The number of ether oxygens (including phenoxy) is 1. The topological polar surface area (TPSA) is 47.9 Å². The zero-order valence-electron chi connectivity index (χ0n) is 20.1. The molecule has 0 atom stereocenters. The molecule has 0 amide bonds. The van der Waals surface area contributed by atoms with Crippen LogP contribution in [0.1, 0.15) is 90.9 Å². The molecule has 30 heavy (non-hydrogen) atoms. The average molecular weight is 430 g/mol. The van der Waals surface area contributed by atoms with Gasteiger partial charge in [0.2, 0.25) is 5.88 Å². The lowest BCUT2D eigenvalue weighted by atomic mass is 10.0. The number of rotatable bonds is 5. The molecule has 0 saturated carbocycles. The number of hydrogen-bond donors (Lipinski definition) is 0. The molecule has 3 rings (SSSR count). The molecule has 2 aromatic heterocycles. The maximum atomic E-state index is 5.08. The van der Waals surface area contributed by atoms with Gasteiger partial charge < -0.3 is 4.74 Å². The Morgan fingerprint density at radius 3 is 2.23 bits per heavy atom. The summed E-state index contributed by atoms with van der Waals surface area (Å²) in [5.41, 5.74) is 7.86. The second-order valence-corrected chi connectivity index (χ2v) is 6.85. The normalized spacial score (nSPS) is 11.9. The third kappa shape index (κ3) is 8.23. The Kier molecular flexibility index (Phi) is 15.3. The number of nitrogens with zero attached hydrogens (tertiary/aromatic N) is 3. The Morgan fingerprint density at radius 1 is 1.00 bits per heavy atom. The molecule has 2 aromatic rings. The van der Waals surface area contributed by atoms with Gasteiger partial charge in [0, 0.05) is 18.0 Å². The SMILES string of the molecule is C=C1C=COc2nccnc21.CC.CC.CCCc1ncsc1/C(CC)=C(\C)CC. The lowest BCUT2D eigenvalue weighted by Crippen LogP contribution is -1.99. The third-order valence-corrected chi connectivity index (χ3v) is 5.15. The van der Waals surface area contributed by atoms with Gasteiger partial charge in [0.25, 0.3) is 0 Å². The largest absolute Gasteiger partial charge is 0.445 e. The summed E-state index contributed by atoms with van der Waals surface area (Å²) in [6.45, 7) is 20.7. The van der Waals surface area contributed by atoms with E-state index in [1.807, 2.05) is 33.2 Å². The quantitative estimate of drug-likeness (QED) is 0.481. The molecule has 0 bridgehead atoms. The molecule has 3 heterocycles. The van der Waals surface area contributed by atoms with E-state index in [0.717, 1.165) is 30.5 Å². The molecular weight excluding hydrogens is 390 g/mol. The smallest absolute Gasteiger partial charge is 0.245 e. The van der Waals surface area contributed by atoms with E-state index < -0.39 is 0 Å². The van der Waals surface area contributed by atoms with E-state index in [4.69, 9.17) is 4.74 Å². The first-order valence-corrected chi connectivity index (χ1v) is 11.9. The van der Waals surface area contributed by atoms with Crippen molar-refractivity contribution in [3.8, 4) is 5.88 Å². The number of thiazole rings is 1. The average Bonchev–Trinajstić information content (AvgIpc) is 3.26. The van der Waals surface area contributed by atoms with Gasteiger partial charge in [-0.1, -0.05) is 67.0 Å². The molecule has 0 radical (unpaired) electrons. The van der Waals surface area contributed by atoms with Crippen molar-refractivity contribution in [1.82, 2.24) is 15.0 Å². The fraction of sp³-hybridized carbons (Fsp3) is 0.480. The van der Waals surface area contributed by atoms with Crippen molar-refractivity contribution in [2.75, 3.05) is 0 Å². The van der Waals surface area contributed by atoms with Crippen molar-refractivity contribution in [2.24, 2.45) is 0 Å². The molecule has 0 aliphatic carbocycles. The van der Waals surface area contributed by atoms with Gasteiger partial charge in [-0.15, -0.1) is 11.3 Å². The van der Waals surface area contributed by atoms with Crippen molar-refractivity contribution in [3.05, 3.63) is 58.7 Å². The lowest BCUT2D eigenvalue weighted by Gasteiger charge is -2.09. The van der Waals surface area contributed by atoms with Crippen LogP contribution in [-0.2, 0) is 6.42 Å². The van der Waals surface area contributed by atoms with Gasteiger partial charge in [-0.25, -0.2) is 15.0 Å². The van der Waals surface area contributed by atoms with Crippen LogP contribution in [0.2, 0.25) is 0 Å². The Hall–Kier alpha value is -2.27. The maximum absolute atomic E-state index is 5.08. The number of hydrogen-bond acceptors (Lipinski definition) is 5. The van der Waals surface area contributed by atoms with E-state index in [0.29, 0.717) is 5.88 Å². The van der Waals surface area contributed by atoms with Gasteiger partial charge >= 0.3 is 0 Å². The minimum atomic E-state index is 0.528. The monoisotopic (exact) mass is 429 g/mol. The fourth-order valence-electron chi connectivity index (χ4n) is 2.69. The first kappa shape index (κ1) is 27.7. The summed E-state index contributed by atoms with van der Waals surface area (Å²) < 4.78 is 5.08. The van der Waals surface area contributed by atoms with Crippen LogP contribution in [0.3, 0.4) is 0 Å². The molecule has 0 fully saturated rings. The van der Waals surface area contributed by atoms with Crippen molar-refractivity contribution < 1.29 is 4.74 Å². The van der Waals surface area contributed by atoms with E-state index in [1.54, 1.807) is 36.1 Å². The van der Waals surface area contributed by atoms with Gasteiger partial charge in [0.05, 0.1) is 22.3 Å². The summed E-state index contributed by atoms with van der Waals surface area (Å²) in [4.78, 5) is 13.9. The minimum Gasteiger partial charge on any atom is -0.445 e. The molecule has 1 aliphatic rings. The summed E-state index contributed by atoms with van der Waals surface area (Å²) in [5, 5.41) is 0. The molecule has 0 N–H and O–H groups in total. The summed E-state index contributed by atoms with van der Waals surface area (Å²) in [7, 11) is 0. The zero-order chi connectivity index (χ0) is 22.9. The predicted octanol–water partition coefficient (Wildman–Crippen LogP) is 8.14. The van der Waals surface area contributed by atoms with Crippen LogP contribution in [0.5, 0.6) is 5.88 Å². The van der Waals surface area contributed by atoms with Gasteiger partial charge in [-0.2, -0.15) is 0 Å². The van der Waals surface area contributed by atoms with E-state index in [9.17, 15) is 0 Å². The number of aryl methyl sites for hydroxylation is 1. The Balaban J connectivity index is 0.000000494. The van der Waals surface area contributed by atoms with Gasteiger partial charge in [-0.05, 0) is 37.8 Å². The molecular formula is C25H39N3OS. The zero-order valence-corrected chi connectivity index (χ0v) is 20.9. The highest BCUT2D eigenvalue weighted by Crippen LogP contribution is 2.30. The predicted molar refractivity (Wildman–Crippen MR) is 133 cm³/mol. The number of fused-ring (bicyclic) bond motifs is 1. The third-order valence-electron chi connectivity index (χ3n) is 4.22. The number of allylic oxidation sites excluding steroid dienone is 4. The van der Waals surface area contributed by atoms with E-state index in [2.05, 4.69) is 49.2 Å². The Morgan fingerprint density at radius 2 is 1.67 bits per heavy atom. The van der Waals surface area contributed by atoms with E-state index in [-0.39, 0.29) is 0 Å². The fourth-order valence-corrected chi connectivity index (χ4v) is 3.73. The van der Waals surface area contributed by atoms with Crippen LogP contribution >= 0.6 is 11.3 Å². The van der Waals surface area contributed by atoms with Crippen LogP contribution < -0.4 is 4.74 Å². The highest BCUT2D eigenvalue weighted by Gasteiger charge is 2.11. The van der Waals surface area contributed by atoms with Crippen LogP contribution in [0.4, 0.5) is 0 Å². The second-order valence-electron chi connectivity index (χ2n) is 6.00. The minimum absolute atomic E-state index is 0.528. The van der Waals surface area contributed by atoms with Crippen molar-refractivity contribution in [2.45, 2.75) is 81.1 Å². The Bertz CT molecular complexity index is 806. The van der Waals surface area contributed by atoms with Crippen LogP contribution in [0.15, 0.2) is 42.4 Å². The van der Waals surface area contributed by atoms with Gasteiger partial charge in [0.15, 0.2) is 0 Å². The highest BCUT2D eigenvalue weighted by atomic mass is 32.1. The highest BCUT2D eigenvalue weighted by molar-refractivity contribution is 7.10. The summed E-state index contributed by atoms with van der Waals surface area (Å²) in [6, 6.07) is 0. The van der Waals surface area contributed by atoms with Crippen LogP contribution in [-0.4, -0.2) is 15.0 Å². The standard InChI is InChI=1S/C13H21NS.C8H6N2O.2C2H6/c1-5-8-12-13(15-9-14-12)11(7-3)10(4)6-2;1-6-2-5-11-8-7(6)9-3-4-10-8;2*1-2/h9H,5-8H2,1-4H3;2-5H,1H2;2*1-2H3/b11-10+;;;. The maximum Gasteiger partial charge on any atom is 0.245 e. The van der Waals surface area contributed by atoms with Crippen LogP contribution in [0.25, 0.3) is 11.1 Å². The van der Waals surface area contributed by atoms with Gasteiger partial charge in [0.1, 0.15) is 5.69 Å².